The predicted molar refractivity (Wildman–Crippen MR) is 115 cm³/mol. The number of nitrogens with zero attached hydrogens (tertiary/aromatic N) is 1. The van der Waals surface area contributed by atoms with Crippen LogP contribution in [0.3, 0.4) is 0 Å². The van der Waals surface area contributed by atoms with E-state index >= 15 is 0 Å². The van der Waals surface area contributed by atoms with Crippen LogP contribution in [0.4, 0.5) is 22.9 Å². The number of nitrogens with one attached hydrogen (secondary N) is 3. The SMILES string of the molecule is CC(=O)Nc1cccc(Nc2cc(N[C@H](C)c3ccccc3)c(C(N)=O)cn2)c1. The van der Waals surface area contributed by atoms with E-state index < -0.39 is 5.91 Å². The molecule has 0 saturated heterocycles. The normalized spacial score (nSPS) is 11.4. The van der Waals surface area contributed by atoms with E-state index in [0.717, 1.165) is 11.3 Å². The Kier molecular flexibility index (Phi) is 6.09. The Morgan fingerprint density at radius 2 is 1.72 bits per heavy atom. The third kappa shape index (κ3) is 5.32. The summed E-state index contributed by atoms with van der Waals surface area (Å²) in [6, 6.07) is 18.9. The lowest BCUT2D eigenvalue weighted by molar-refractivity contribution is -0.114. The van der Waals surface area contributed by atoms with Crippen molar-refractivity contribution in [2.24, 2.45) is 5.73 Å². The molecule has 3 aromatic rings. The molecule has 148 valence electrons. The van der Waals surface area contributed by atoms with Gasteiger partial charge in [-0.15, -0.1) is 0 Å². The fourth-order valence-electron chi connectivity index (χ4n) is 2.92. The second-order valence-corrected chi connectivity index (χ2v) is 6.64. The second-order valence-electron chi connectivity index (χ2n) is 6.64. The number of primary amides is 1. The van der Waals surface area contributed by atoms with E-state index in [4.69, 9.17) is 5.73 Å². The van der Waals surface area contributed by atoms with Crippen LogP contribution in [-0.2, 0) is 4.79 Å². The summed E-state index contributed by atoms with van der Waals surface area (Å²) in [6.07, 6.45) is 1.45. The van der Waals surface area contributed by atoms with Crippen LogP contribution in [-0.4, -0.2) is 16.8 Å². The zero-order valence-electron chi connectivity index (χ0n) is 16.3. The van der Waals surface area contributed by atoms with Gasteiger partial charge in [0, 0.05) is 36.6 Å². The maximum Gasteiger partial charge on any atom is 0.252 e. The molecule has 0 spiro atoms. The average molecular weight is 389 g/mol. The number of carbonyl (C=O) groups excluding carboxylic acids is 2. The van der Waals surface area contributed by atoms with Crippen LogP contribution < -0.4 is 21.7 Å². The molecule has 5 N–H and O–H groups in total. The Labute approximate surface area is 169 Å². The number of hydrogen-bond donors (Lipinski definition) is 4. The fourth-order valence-corrected chi connectivity index (χ4v) is 2.92. The van der Waals surface area contributed by atoms with Gasteiger partial charge in [0.1, 0.15) is 5.82 Å². The Balaban J connectivity index is 1.85. The van der Waals surface area contributed by atoms with Gasteiger partial charge in [-0.25, -0.2) is 4.98 Å². The average Bonchev–Trinajstić information content (AvgIpc) is 2.68. The van der Waals surface area contributed by atoms with Gasteiger partial charge in [-0.2, -0.15) is 0 Å². The van der Waals surface area contributed by atoms with Crippen LogP contribution in [0.15, 0.2) is 66.9 Å². The molecule has 0 aliphatic heterocycles. The van der Waals surface area contributed by atoms with E-state index in [1.165, 1.54) is 13.1 Å². The summed E-state index contributed by atoms with van der Waals surface area (Å²) in [5.74, 6) is -0.162. The minimum Gasteiger partial charge on any atom is -0.378 e. The number of hydrogen-bond acceptors (Lipinski definition) is 5. The van der Waals surface area contributed by atoms with Crippen LogP contribution in [0, 0.1) is 0 Å². The maximum atomic E-state index is 11.8. The third-order valence-corrected chi connectivity index (χ3v) is 4.30. The van der Waals surface area contributed by atoms with Gasteiger partial charge >= 0.3 is 0 Å². The summed E-state index contributed by atoms with van der Waals surface area (Å²) in [6.45, 7) is 3.46. The zero-order chi connectivity index (χ0) is 20.8. The molecule has 7 heteroatoms. The van der Waals surface area contributed by atoms with E-state index in [1.807, 2.05) is 49.4 Å². The number of pyridine rings is 1. The first-order chi connectivity index (χ1) is 13.9. The summed E-state index contributed by atoms with van der Waals surface area (Å²) in [7, 11) is 0. The van der Waals surface area contributed by atoms with Crippen LogP contribution in [0.2, 0.25) is 0 Å². The van der Waals surface area contributed by atoms with Crippen molar-refractivity contribution in [3.63, 3.8) is 0 Å². The molecule has 0 aliphatic carbocycles. The molecule has 2 amide bonds. The Morgan fingerprint density at radius 3 is 2.41 bits per heavy atom. The number of aromatic nitrogens is 1. The number of nitrogens with two attached hydrogens (primary N) is 1. The van der Waals surface area contributed by atoms with Crippen molar-refractivity contribution in [2.45, 2.75) is 19.9 Å². The van der Waals surface area contributed by atoms with E-state index in [9.17, 15) is 9.59 Å². The minimum atomic E-state index is -0.556. The fraction of sp³-hybridized carbons (Fsp3) is 0.136. The highest BCUT2D eigenvalue weighted by atomic mass is 16.1. The first kappa shape index (κ1) is 19.9. The molecule has 0 fully saturated rings. The summed E-state index contributed by atoms with van der Waals surface area (Å²) in [5, 5.41) is 9.25. The molecular weight excluding hydrogens is 366 g/mol. The monoisotopic (exact) mass is 389 g/mol. The zero-order valence-corrected chi connectivity index (χ0v) is 16.3. The van der Waals surface area contributed by atoms with Crippen LogP contribution in [0.5, 0.6) is 0 Å². The third-order valence-electron chi connectivity index (χ3n) is 4.30. The highest BCUT2D eigenvalue weighted by Crippen LogP contribution is 2.26. The van der Waals surface area contributed by atoms with Crippen LogP contribution in [0.1, 0.15) is 35.8 Å². The van der Waals surface area contributed by atoms with Crippen molar-refractivity contribution in [3.05, 3.63) is 78.0 Å². The quantitative estimate of drug-likeness (QED) is 0.487. The first-order valence-corrected chi connectivity index (χ1v) is 9.18. The lowest BCUT2D eigenvalue weighted by atomic mass is 10.1. The summed E-state index contributed by atoms with van der Waals surface area (Å²) in [4.78, 5) is 27.4. The van der Waals surface area contributed by atoms with Crippen molar-refractivity contribution in [3.8, 4) is 0 Å². The van der Waals surface area contributed by atoms with Gasteiger partial charge in [-0.1, -0.05) is 36.4 Å². The molecule has 2 aromatic carbocycles. The molecule has 3 rings (SSSR count). The smallest absolute Gasteiger partial charge is 0.252 e. The largest absolute Gasteiger partial charge is 0.378 e. The molecule has 1 atom stereocenters. The van der Waals surface area contributed by atoms with Gasteiger partial charge in [0.05, 0.1) is 11.3 Å². The lowest BCUT2D eigenvalue weighted by Gasteiger charge is -2.18. The van der Waals surface area contributed by atoms with Crippen molar-refractivity contribution >= 4 is 34.7 Å². The molecule has 1 heterocycles. The van der Waals surface area contributed by atoms with E-state index in [2.05, 4.69) is 20.9 Å². The Hall–Kier alpha value is -3.87. The van der Waals surface area contributed by atoms with Crippen molar-refractivity contribution < 1.29 is 9.59 Å². The molecular formula is C22H23N5O2. The van der Waals surface area contributed by atoms with Gasteiger partial charge in [-0.3, -0.25) is 9.59 Å². The molecule has 0 unspecified atom stereocenters. The highest BCUT2D eigenvalue weighted by Gasteiger charge is 2.14. The number of amides is 2. The summed E-state index contributed by atoms with van der Waals surface area (Å²) < 4.78 is 0. The van der Waals surface area contributed by atoms with Gasteiger partial charge in [0.25, 0.3) is 5.91 Å². The first-order valence-electron chi connectivity index (χ1n) is 9.18. The molecule has 1 aromatic heterocycles. The topological polar surface area (TPSA) is 109 Å². The minimum absolute atomic E-state index is 0.0346. The lowest BCUT2D eigenvalue weighted by Crippen LogP contribution is -2.17. The van der Waals surface area contributed by atoms with Crippen LogP contribution >= 0.6 is 0 Å². The van der Waals surface area contributed by atoms with E-state index in [1.54, 1.807) is 18.2 Å². The number of anilines is 4. The summed E-state index contributed by atoms with van der Waals surface area (Å²) in [5.41, 5.74) is 8.92. The Morgan fingerprint density at radius 1 is 1.00 bits per heavy atom. The van der Waals surface area contributed by atoms with Crippen molar-refractivity contribution in [1.29, 1.82) is 0 Å². The van der Waals surface area contributed by atoms with Gasteiger partial charge in [0.15, 0.2) is 0 Å². The van der Waals surface area contributed by atoms with Crippen LogP contribution in [0.25, 0.3) is 0 Å². The van der Waals surface area contributed by atoms with E-state index in [-0.39, 0.29) is 11.9 Å². The van der Waals surface area contributed by atoms with Gasteiger partial charge < -0.3 is 21.7 Å². The molecule has 7 nitrogen and oxygen atoms in total. The van der Waals surface area contributed by atoms with E-state index in [0.29, 0.717) is 22.8 Å². The predicted octanol–water partition coefficient (Wildman–Crippen LogP) is 4.06. The molecule has 0 radical (unpaired) electrons. The summed E-state index contributed by atoms with van der Waals surface area (Å²) >= 11 is 0. The maximum absolute atomic E-state index is 11.8. The van der Waals surface area contributed by atoms with Crippen molar-refractivity contribution in [2.75, 3.05) is 16.0 Å². The van der Waals surface area contributed by atoms with Crippen molar-refractivity contribution in [1.82, 2.24) is 4.98 Å². The Bertz CT molecular complexity index is 1020. The molecule has 0 saturated carbocycles. The standard InChI is InChI=1S/C22H23N5O2/c1-14(16-7-4-3-5-8-16)25-20-12-21(24-13-19(20)22(23)29)27-18-10-6-9-17(11-18)26-15(2)28/h3-14H,1-2H3,(H2,23,29)(H,26,28)(H2,24,25,27)/t14-/m1/s1. The highest BCUT2D eigenvalue weighted by molar-refractivity contribution is 5.98. The molecule has 0 aliphatic rings. The van der Waals surface area contributed by atoms with Gasteiger partial charge in [0.2, 0.25) is 5.91 Å². The second kappa shape index (κ2) is 8.88. The number of carbonyl (C=O) groups is 2. The molecule has 0 bridgehead atoms. The molecule has 29 heavy (non-hydrogen) atoms. The van der Waals surface area contributed by atoms with Gasteiger partial charge in [-0.05, 0) is 30.7 Å². The number of rotatable bonds is 7. The number of benzene rings is 2.